The van der Waals surface area contributed by atoms with Crippen molar-refractivity contribution in [3.63, 3.8) is 0 Å². The second-order valence-corrected chi connectivity index (χ2v) is 5.49. The Kier molecular flexibility index (Phi) is 2.46. The smallest absolute Gasteiger partial charge is 0.0547 e. The third-order valence-electron chi connectivity index (χ3n) is 3.37. The summed E-state index contributed by atoms with van der Waals surface area (Å²) in [5.41, 5.74) is 1.51. The molecular formula is C13H16N2S. The molecule has 1 aromatic carbocycles. The van der Waals surface area contributed by atoms with Crippen molar-refractivity contribution in [1.82, 2.24) is 10.6 Å². The van der Waals surface area contributed by atoms with Gasteiger partial charge in [-0.2, -0.15) is 0 Å². The Morgan fingerprint density at radius 1 is 1.25 bits per heavy atom. The van der Waals surface area contributed by atoms with Crippen LogP contribution in [0.1, 0.15) is 12.5 Å². The van der Waals surface area contributed by atoms with E-state index in [2.05, 4.69) is 47.2 Å². The van der Waals surface area contributed by atoms with Gasteiger partial charge in [-0.1, -0.05) is 18.2 Å². The third-order valence-corrected chi connectivity index (χ3v) is 4.33. The molecule has 84 valence electrons. The van der Waals surface area contributed by atoms with Gasteiger partial charge in [0.15, 0.2) is 0 Å². The number of thiophene rings is 1. The summed E-state index contributed by atoms with van der Waals surface area (Å²) in [5, 5.41) is 10.8. The van der Waals surface area contributed by atoms with Gasteiger partial charge in [0.2, 0.25) is 0 Å². The van der Waals surface area contributed by atoms with Crippen LogP contribution in [0.3, 0.4) is 0 Å². The molecule has 2 N–H and O–H groups in total. The summed E-state index contributed by atoms with van der Waals surface area (Å²) in [4.78, 5) is 0. The number of nitrogens with one attached hydrogen (secondary N) is 2. The van der Waals surface area contributed by atoms with Crippen LogP contribution in [0.5, 0.6) is 0 Å². The molecule has 2 aromatic rings. The molecule has 0 spiro atoms. The first-order valence-electron chi connectivity index (χ1n) is 5.72. The number of benzene rings is 1. The molecule has 1 atom stereocenters. The molecule has 1 aliphatic rings. The minimum absolute atomic E-state index is 0.0812. The van der Waals surface area contributed by atoms with Gasteiger partial charge in [0.05, 0.1) is 5.54 Å². The molecule has 2 nitrogen and oxygen atoms in total. The highest BCUT2D eigenvalue weighted by molar-refractivity contribution is 7.17. The maximum absolute atomic E-state index is 3.63. The molecule has 0 amide bonds. The quantitative estimate of drug-likeness (QED) is 0.788. The zero-order chi connectivity index (χ0) is 11.0. The first kappa shape index (κ1) is 10.3. The van der Waals surface area contributed by atoms with Crippen LogP contribution < -0.4 is 10.6 Å². The molecule has 2 heterocycles. The molecule has 0 bridgehead atoms. The predicted molar refractivity (Wildman–Crippen MR) is 70.0 cm³/mol. The normalized spacial score (nSPS) is 26.1. The fraction of sp³-hybridized carbons (Fsp3) is 0.385. The van der Waals surface area contributed by atoms with E-state index in [0.717, 1.165) is 19.6 Å². The summed E-state index contributed by atoms with van der Waals surface area (Å²) in [6, 6.07) is 8.65. The highest BCUT2D eigenvalue weighted by atomic mass is 32.1. The van der Waals surface area contributed by atoms with E-state index in [-0.39, 0.29) is 5.54 Å². The van der Waals surface area contributed by atoms with Crippen molar-refractivity contribution in [2.75, 3.05) is 19.6 Å². The zero-order valence-corrected chi connectivity index (χ0v) is 10.2. The van der Waals surface area contributed by atoms with Gasteiger partial charge in [0.1, 0.15) is 0 Å². The Labute approximate surface area is 99.7 Å². The molecular weight excluding hydrogens is 216 g/mol. The third kappa shape index (κ3) is 1.56. The lowest BCUT2D eigenvalue weighted by atomic mass is 9.90. The number of fused-ring (bicyclic) bond motifs is 1. The molecule has 1 unspecified atom stereocenters. The molecule has 1 aromatic heterocycles. The van der Waals surface area contributed by atoms with E-state index in [9.17, 15) is 0 Å². The van der Waals surface area contributed by atoms with E-state index < -0.39 is 0 Å². The Morgan fingerprint density at radius 3 is 2.94 bits per heavy atom. The van der Waals surface area contributed by atoms with Crippen LogP contribution in [0, 0.1) is 0 Å². The molecule has 1 fully saturated rings. The van der Waals surface area contributed by atoms with Crippen LogP contribution in [-0.4, -0.2) is 19.6 Å². The van der Waals surface area contributed by atoms with Gasteiger partial charge in [-0.05, 0) is 29.3 Å². The minimum atomic E-state index is 0.0812. The highest BCUT2D eigenvalue weighted by Crippen LogP contribution is 2.33. The maximum Gasteiger partial charge on any atom is 0.0547 e. The van der Waals surface area contributed by atoms with Crippen LogP contribution >= 0.6 is 11.3 Å². The molecule has 0 radical (unpaired) electrons. The highest BCUT2D eigenvalue weighted by Gasteiger charge is 2.30. The number of hydrogen-bond acceptors (Lipinski definition) is 3. The molecule has 0 saturated carbocycles. The van der Waals surface area contributed by atoms with Crippen LogP contribution in [0.2, 0.25) is 0 Å². The first-order valence-corrected chi connectivity index (χ1v) is 6.60. The van der Waals surface area contributed by atoms with Gasteiger partial charge >= 0.3 is 0 Å². The Morgan fingerprint density at radius 2 is 2.12 bits per heavy atom. The summed E-state index contributed by atoms with van der Waals surface area (Å²) >= 11 is 1.84. The Balaban J connectivity index is 2.11. The fourth-order valence-electron chi connectivity index (χ4n) is 2.42. The molecule has 1 saturated heterocycles. The van der Waals surface area contributed by atoms with Crippen LogP contribution in [0.15, 0.2) is 29.6 Å². The van der Waals surface area contributed by atoms with E-state index in [4.69, 9.17) is 0 Å². The summed E-state index contributed by atoms with van der Waals surface area (Å²) in [6.07, 6.45) is 0. The van der Waals surface area contributed by atoms with E-state index in [1.165, 1.54) is 15.6 Å². The second-order valence-electron chi connectivity index (χ2n) is 4.58. The van der Waals surface area contributed by atoms with Gasteiger partial charge in [0, 0.05) is 24.3 Å². The fourth-order valence-corrected chi connectivity index (χ4v) is 3.52. The topological polar surface area (TPSA) is 24.1 Å². The lowest BCUT2D eigenvalue weighted by Crippen LogP contribution is -2.54. The van der Waals surface area contributed by atoms with Crippen molar-refractivity contribution in [2.24, 2.45) is 0 Å². The number of piperazine rings is 1. The Bertz CT molecular complexity index is 497. The maximum atomic E-state index is 3.63. The molecule has 16 heavy (non-hydrogen) atoms. The lowest BCUT2D eigenvalue weighted by Gasteiger charge is -2.35. The van der Waals surface area contributed by atoms with Gasteiger partial charge < -0.3 is 10.6 Å². The average molecular weight is 232 g/mol. The predicted octanol–water partition coefficient (Wildman–Crippen LogP) is 2.31. The number of rotatable bonds is 1. The van der Waals surface area contributed by atoms with Crippen molar-refractivity contribution >= 4 is 21.4 Å². The van der Waals surface area contributed by atoms with Crippen molar-refractivity contribution in [1.29, 1.82) is 0 Å². The summed E-state index contributed by atoms with van der Waals surface area (Å²) in [7, 11) is 0. The second kappa shape index (κ2) is 3.84. The SMILES string of the molecule is CC1(c2csc3ccccc23)CNCCN1. The first-order chi connectivity index (χ1) is 7.80. The van der Waals surface area contributed by atoms with E-state index in [1.807, 2.05) is 11.3 Å². The monoisotopic (exact) mass is 232 g/mol. The van der Waals surface area contributed by atoms with Gasteiger partial charge in [0.25, 0.3) is 0 Å². The lowest BCUT2D eigenvalue weighted by molar-refractivity contribution is 0.306. The zero-order valence-electron chi connectivity index (χ0n) is 9.42. The Hall–Kier alpha value is -0.900. The molecule has 3 heteroatoms. The standard InChI is InChI=1S/C13H16N2S/c1-13(9-14-6-7-15-13)11-8-16-12-5-3-2-4-10(11)12/h2-5,8,14-15H,6-7,9H2,1H3. The summed E-state index contributed by atoms with van der Waals surface area (Å²) in [6.45, 7) is 5.40. The van der Waals surface area contributed by atoms with E-state index in [1.54, 1.807) is 0 Å². The van der Waals surface area contributed by atoms with Gasteiger partial charge in [-0.3, -0.25) is 0 Å². The number of hydrogen-bond donors (Lipinski definition) is 2. The van der Waals surface area contributed by atoms with Crippen molar-refractivity contribution < 1.29 is 0 Å². The van der Waals surface area contributed by atoms with Crippen molar-refractivity contribution in [3.05, 3.63) is 35.2 Å². The van der Waals surface area contributed by atoms with Crippen LogP contribution in [0.4, 0.5) is 0 Å². The van der Waals surface area contributed by atoms with E-state index in [0.29, 0.717) is 0 Å². The minimum Gasteiger partial charge on any atom is -0.313 e. The van der Waals surface area contributed by atoms with Crippen molar-refractivity contribution in [3.8, 4) is 0 Å². The van der Waals surface area contributed by atoms with Gasteiger partial charge in [-0.25, -0.2) is 0 Å². The summed E-state index contributed by atoms with van der Waals surface area (Å²) < 4.78 is 1.38. The summed E-state index contributed by atoms with van der Waals surface area (Å²) in [5.74, 6) is 0. The molecule has 0 aliphatic carbocycles. The molecule has 1 aliphatic heterocycles. The van der Waals surface area contributed by atoms with Crippen molar-refractivity contribution in [2.45, 2.75) is 12.5 Å². The average Bonchev–Trinajstić information content (AvgIpc) is 2.74. The van der Waals surface area contributed by atoms with Crippen LogP contribution in [-0.2, 0) is 5.54 Å². The van der Waals surface area contributed by atoms with Gasteiger partial charge in [-0.15, -0.1) is 11.3 Å². The molecule has 3 rings (SSSR count). The van der Waals surface area contributed by atoms with Crippen LogP contribution in [0.25, 0.3) is 10.1 Å². The largest absolute Gasteiger partial charge is 0.313 e. The van der Waals surface area contributed by atoms with E-state index >= 15 is 0 Å².